The van der Waals surface area contributed by atoms with Crippen molar-refractivity contribution >= 4 is 13.5 Å². The van der Waals surface area contributed by atoms with E-state index in [1.807, 2.05) is 0 Å². The number of pyridine rings is 1. The first-order valence-electron chi connectivity index (χ1n) is 7.48. The van der Waals surface area contributed by atoms with Crippen LogP contribution in [0.5, 0.6) is 5.75 Å². The predicted molar refractivity (Wildman–Crippen MR) is 87.3 cm³/mol. The van der Waals surface area contributed by atoms with Gasteiger partial charge >= 0.3 is 13.8 Å². The summed E-state index contributed by atoms with van der Waals surface area (Å²) in [7, 11) is -4.66. The lowest BCUT2D eigenvalue weighted by Gasteiger charge is -2.15. The van der Waals surface area contributed by atoms with E-state index in [1.54, 1.807) is 31.2 Å². The molecule has 26 heavy (non-hydrogen) atoms. The Bertz CT molecular complexity index is 865. The highest BCUT2D eigenvalue weighted by molar-refractivity contribution is 7.46. The topological polar surface area (TPSA) is 157 Å². The molecule has 140 valence electrons. The highest BCUT2D eigenvalue weighted by Gasteiger charge is 2.49. The van der Waals surface area contributed by atoms with E-state index >= 15 is 0 Å². The minimum atomic E-state index is -4.66. The van der Waals surface area contributed by atoms with Gasteiger partial charge in [0.25, 0.3) is 0 Å². The largest absolute Gasteiger partial charge is 0.506 e. The summed E-state index contributed by atoms with van der Waals surface area (Å²) in [6.45, 7) is 1.31. The Hall–Kier alpha value is -2.04. The van der Waals surface area contributed by atoms with Crippen LogP contribution in [-0.2, 0) is 38.0 Å². The van der Waals surface area contributed by atoms with Gasteiger partial charge in [0.2, 0.25) is 0 Å². The number of rotatable bonds is 7. The number of benzene rings is 1. The Morgan fingerprint density at radius 3 is 2.73 bits per heavy atom. The third-order valence-electron chi connectivity index (χ3n) is 3.76. The van der Waals surface area contributed by atoms with Crippen molar-refractivity contribution in [2.75, 3.05) is 5.32 Å². The third-order valence-corrected chi connectivity index (χ3v) is 4.22. The second kappa shape index (κ2) is 6.93. The Morgan fingerprint density at radius 1 is 1.35 bits per heavy atom. The van der Waals surface area contributed by atoms with Crippen molar-refractivity contribution in [1.82, 2.24) is 4.98 Å². The smallest absolute Gasteiger partial charge is 0.469 e. The second-order valence-corrected chi connectivity index (χ2v) is 6.88. The van der Waals surface area contributed by atoms with Crippen LogP contribution in [0.3, 0.4) is 0 Å². The molecule has 1 saturated heterocycles. The van der Waals surface area contributed by atoms with Crippen molar-refractivity contribution in [3.8, 4) is 5.75 Å². The van der Waals surface area contributed by atoms with Crippen molar-refractivity contribution in [3.05, 3.63) is 52.8 Å². The molecular weight excluding hydrogens is 367 g/mol. The van der Waals surface area contributed by atoms with E-state index in [0.717, 1.165) is 0 Å². The molecule has 2 heterocycles. The zero-order valence-corrected chi connectivity index (χ0v) is 14.5. The molecule has 0 bridgehead atoms. The van der Waals surface area contributed by atoms with Crippen molar-refractivity contribution in [2.24, 2.45) is 0 Å². The summed E-state index contributed by atoms with van der Waals surface area (Å²) in [5, 5.41) is 23.1. The standard InChI is InChI=1S/C15H17N2O8P/c1-9-14(18)13(10(6-16-9)8-23-26(20,21)22)7-17-12-4-2-3-11(5-12)15(19)24-25-15/h2-6,17-19H,7-8H2,1H3,(H2,20,21,22). The van der Waals surface area contributed by atoms with Crippen LogP contribution in [0, 0.1) is 6.92 Å². The van der Waals surface area contributed by atoms with Crippen LogP contribution in [0.1, 0.15) is 22.4 Å². The van der Waals surface area contributed by atoms with E-state index in [-0.39, 0.29) is 12.3 Å². The van der Waals surface area contributed by atoms with Gasteiger partial charge in [0, 0.05) is 35.1 Å². The number of anilines is 1. The number of aromatic nitrogens is 1. The second-order valence-electron chi connectivity index (χ2n) is 5.64. The number of aliphatic hydroxyl groups is 1. The molecule has 3 rings (SSSR count). The van der Waals surface area contributed by atoms with Crippen LogP contribution in [-0.4, -0.2) is 25.0 Å². The molecule has 0 unspecified atom stereocenters. The first kappa shape index (κ1) is 18.7. The van der Waals surface area contributed by atoms with Gasteiger partial charge in [0.1, 0.15) is 5.75 Å². The van der Waals surface area contributed by atoms with Crippen LogP contribution >= 0.6 is 7.82 Å². The summed E-state index contributed by atoms with van der Waals surface area (Å²) in [5.74, 6) is -1.84. The van der Waals surface area contributed by atoms with Gasteiger partial charge in [-0.25, -0.2) is 4.57 Å². The highest BCUT2D eigenvalue weighted by atomic mass is 31.2. The maximum Gasteiger partial charge on any atom is 0.469 e. The van der Waals surface area contributed by atoms with Crippen molar-refractivity contribution in [1.29, 1.82) is 0 Å². The fourth-order valence-corrected chi connectivity index (χ4v) is 2.62. The minimum Gasteiger partial charge on any atom is -0.506 e. The number of nitrogens with one attached hydrogen (secondary N) is 1. The Balaban J connectivity index is 1.78. The summed E-state index contributed by atoms with van der Waals surface area (Å²) in [6.07, 6.45) is 1.38. The molecule has 0 atom stereocenters. The number of nitrogens with zero attached hydrogens (tertiary/aromatic N) is 1. The fraction of sp³-hybridized carbons (Fsp3) is 0.267. The van der Waals surface area contributed by atoms with Gasteiger partial charge in [-0.05, 0) is 19.1 Å². The molecule has 0 aliphatic carbocycles. The molecule has 1 fully saturated rings. The molecule has 0 spiro atoms. The molecule has 1 aromatic carbocycles. The summed E-state index contributed by atoms with van der Waals surface area (Å²) in [4.78, 5) is 30.7. The normalized spacial score (nSPS) is 15.7. The third kappa shape index (κ3) is 4.37. The minimum absolute atomic E-state index is 0.104. The van der Waals surface area contributed by atoms with E-state index in [4.69, 9.17) is 9.79 Å². The molecule has 0 radical (unpaired) electrons. The lowest BCUT2D eigenvalue weighted by Crippen LogP contribution is -2.09. The molecule has 0 saturated carbocycles. The SMILES string of the molecule is Cc1ncc(COP(=O)(O)O)c(CNc2cccc(C3(O)OO3)c2)c1O. The summed E-state index contributed by atoms with van der Waals surface area (Å²) >= 11 is 0. The summed E-state index contributed by atoms with van der Waals surface area (Å²) < 4.78 is 15.4. The summed E-state index contributed by atoms with van der Waals surface area (Å²) in [6, 6.07) is 6.62. The molecular formula is C15H17N2O8P. The predicted octanol–water partition coefficient (Wildman–Crippen LogP) is 1.38. The fourth-order valence-electron chi connectivity index (χ4n) is 2.31. The van der Waals surface area contributed by atoms with Crippen LogP contribution < -0.4 is 5.32 Å². The maximum absolute atomic E-state index is 10.9. The van der Waals surface area contributed by atoms with Gasteiger partial charge in [0.15, 0.2) is 0 Å². The number of phosphoric ester groups is 1. The van der Waals surface area contributed by atoms with E-state index in [1.165, 1.54) is 6.20 Å². The molecule has 0 amide bonds. The Labute approximate surface area is 148 Å². The molecule has 1 aromatic heterocycles. The number of aryl methyl sites for hydroxylation is 1. The molecule has 2 aromatic rings. The molecule has 5 N–H and O–H groups in total. The molecule has 10 nitrogen and oxygen atoms in total. The zero-order chi connectivity index (χ0) is 18.9. The van der Waals surface area contributed by atoms with Crippen molar-refractivity contribution in [2.45, 2.75) is 26.0 Å². The lowest BCUT2D eigenvalue weighted by atomic mass is 10.1. The average Bonchev–Trinajstić information content (AvgIpc) is 3.33. The monoisotopic (exact) mass is 384 g/mol. The Morgan fingerprint density at radius 2 is 2.08 bits per heavy atom. The van der Waals surface area contributed by atoms with Crippen LogP contribution in [0.2, 0.25) is 0 Å². The van der Waals surface area contributed by atoms with E-state index < -0.39 is 20.4 Å². The lowest BCUT2D eigenvalue weighted by molar-refractivity contribution is 0.0264. The first-order valence-corrected chi connectivity index (χ1v) is 9.01. The number of phosphoric acid groups is 1. The summed E-state index contributed by atoms with van der Waals surface area (Å²) in [5.41, 5.74) is 2.07. The zero-order valence-electron chi connectivity index (χ0n) is 13.6. The molecule has 1 aliphatic heterocycles. The highest BCUT2D eigenvalue weighted by Crippen LogP contribution is 2.39. The number of hydrogen-bond donors (Lipinski definition) is 5. The molecule has 11 heteroatoms. The van der Waals surface area contributed by atoms with Gasteiger partial charge in [-0.3, -0.25) is 9.51 Å². The quantitative estimate of drug-likeness (QED) is 0.268. The maximum atomic E-state index is 10.9. The van der Waals surface area contributed by atoms with E-state index in [0.29, 0.717) is 28.1 Å². The van der Waals surface area contributed by atoms with Crippen LogP contribution in [0.4, 0.5) is 5.69 Å². The van der Waals surface area contributed by atoms with Crippen molar-refractivity contribution in [3.63, 3.8) is 0 Å². The Kier molecular flexibility index (Phi) is 5.00. The first-order chi connectivity index (χ1) is 12.2. The van der Waals surface area contributed by atoms with Gasteiger partial charge < -0.3 is 25.3 Å². The van der Waals surface area contributed by atoms with Gasteiger partial charge in [-0.15, -0.1) is 0 Å². The van der Waals surface area contributed by atoms with Crippen LogP contribution in [0.15, 0.2) is 30.5 Å². The van der Waals surface area contributed by atoms with Gasteiger partial charge in [-0.1, -0.05) is 12.1 Å². The van der Waals surface area contributed by atoms with Gasteiger partial charge in [-0.2, -0.15) is 9.78 Å². The van der Waals surface area contributed by atoms with Crippen LogP contribution in [0.25, 0.3) is 0 Å². The molecule has 1 aliphatic rings. The van der Waals surface area contributed by atoms with Gasteiger partial charge in [0.05, 0.1) is 12.3 Å². The average molecular weight is 384 g/mol. The van der Waals surface area contributed by atoms with E-state index in [9.17, 15) is 14.8 Å². The van der Waals surface area contributed by atoms with Crippen molar-refractivity contribution < 1.29 is 38.9 Å². The van der Waals surface area contributed by atoms with E-state index in [2.05, 4.69) is 24.6 Å². The number of hydrogen-bond acceptors (Lipinski definition) is 8. The number of aromatic hydroxyl groups is 1.